The van der Waals surface area contributed by atoms with Gasteiger partial charge in [-0.15, -0.1) is 0 Å². The van der Waals surface area contributed by atoms with Crippen LogP contribution in [0, 0.1) is 11.3 Å². The lowest BCUT2D eigenvalue weighted by atomic mass is 10.1. The summed E-state index contributed by atoms with van der Waals surface area (Å²) in [5.41, 5.74) is 2.55. The van der Waals surface area contributed by atoms with Crippen molar-refractivity contribution in [1.29, 1.82) is 5.26 Å². The van der Waals surface area contributed by atoms with Crippen molar-refractivity contribution in [2.45, 2.75) is 6.54 Å². The van der Waals surface area contributed by atoms with E-state index in [0.29, 0.717) is 17.6 Å². The van der Waals surface area contributed by atoms with E-state index in [4.69, 9.17) is 5.26 Å². The van der Waals surface area contributed by atoms with Gasteiger partial charge in [-0.1, -0.05) is 24.3 Å². The lowest BCUT2D eigenvalue weighted by molar-refractivity contribution is 0.0698. The number of aromatic nitrogens is 1. The van der Waals surface area contributed by atoms with Gasteiger partial charge < -0.3 is 9.67 Å². The molecule has 0 aliphatic rings. The average molecular weight is 276 g/mol. The van der Waals surface area contributed by atoms with Crippen LogP contribution in [-0.2, 0) is 6.54 Å². The Morgan fingerprint density at radius 3 is 2.76 bits per heavy atom. The van der Waals surface area contributed by atoms with E-state index < -0.39 is 5.97 Å². The third-order valence-electron chi connectivity index (χ3n) is 3.43. The van der Waals surface area contributed by atoms with Crippen LogP contribution in [0.15, 0.2) is 54.7 Å². The minimum Gasteiger partial charge on any atom is -0.478 e. The summed E-state index contributed by atoms with van der Waals surface area (Å²) in [6.45, 7) is 0.531. The summed E-state index contributed by atoms with van der Waals surface area (Å²) in [5.74, 6) is -0.939. The van der Waals surface area contributed by atoms with Crippen molar-refractivity contribution in [2.75, 3.05) is 0 Å². The number of carboxylic acids is 1. The zero-order chi connectivity index (χ0) is 14.8. The van der Waals surface area contributed by atoms with Crippen molar-refractivity contribution in [3.8, 4) is 6.07 Å². The van der Waals surface area contributed by atoms with Crippen LogP contribution < -0.4 is 0 Å². The molecule has 0 bridgehead atoms. The molecule has 102 valence electrons. The molecule has 21 heavy (non-hydrogen) atoms. The van der Waals surface area contributed by atoms with Crippen LogP contribution in [-0.4, -0.2) is 15.6 Å². The van der Waals surface area contributed by atoms with Gasteiger partial charge in [0, 0.05) is 18.1 Å². The van der Waals surface area contributed by atoms with Crippen molar-refractivity contribution in [3.63, 3.8) is 0 Å². The molecular formula is C17H12N2O2. The minimum atomic E-state index is -0.939. The highest BCUT2D eigenvalue weighted by molar-refractivity contribution is 6.02. The van der Waals surface area contributed by atoms with E-state index in [2.05, 4.69) is 6.07 Å². The lowest BCUT2D eigenvalue weighted by Crippen LogP contribution is -2.04. The normalized spacial score (nSPS) is 10.4. The van der Waals surface area contributed by atoms with E-state index in [1.54, 1.807) is 18.2 Å². The Morgan fingerprint density at radius 2 is 2.00 bits per heavy atom. The highest BCUT2D eigenvalue weighted by Gasteiger charge is 2.12. The molecule has 0 saturated carbocycles. The molecule has 4 heteroatoms. The molecule has 1 heterocycles. The smallest absolute Gasteiger partial charge is 0.337 e. The van der Waals surface area contributed by atoms with Gasteiger partial charge in [0.2, 0.25) is 0 Å². The molecule has 2 aromatic carbocycles. The summed E-state index contributed by atoms with van der Waals surface area (Å²) in [5, 5.41) is 19.2. The maximum Gasteiger partial charge on any atom is 0.337 e. The minimum absolute atomic E-state index is 0.286. The van der Waals surface area contributed by atoms with Crippen LogP contribution in [0.2, 0.25) is 0 Å². The van der Waals surface area contributed by atoms with E-state index in [-0.39, 0.29) is 5.56 Å². The molecule has 3 aromatic rings. The summed E-state index contributed by atoms with van der Waals surface area (Å²) >= 11 is 0. The van der Waals surface area contributed by atoms with Crippen LogP contribution in [0.4, 0.5) is 0 Å². The van der Waals surface area contributed by atoms with E-state index in [9.17, 15) is 9.90 Å². The number of rotatable bonds is 3. The highest BCUT2D eigenvalue weighted by atomic mass is 16.4. The zero-order valence-corrected chi connectivity index (χ0v) is 11.2. The van der Waals surface area contributed by atoms with Crippen molar-refractivity contribution in [2.24, 2.45) is 0 Å². The number of nitriles is 1. The molecule has 3 rings (SSSR count). The Labute approximate surface area is 121 Å². The molecule has 1 N–H and O–H groups in total. The number of carbonyl (C=O) groups is 1. The molecule has 0 saturated heterocycles. The van der Waals surface area contributed by atoms with Gasteiger partial charge in [-0.05, 0) is 29.8 Å². The standard InChI is InChI=1S/C17H12N2O2/c18-10-12-3-1-4-13(9-12)11-19-8-7-14-5-2-6-15(16(14)19)17(20)21/h1-9H,11H2,(H,20,21). The number of hydrogen-bond donors (Lipinski definition) is 1. The Morgan fingerprint density at radius 1 is 1.19 bits per heavy atom. The second-order valence-electron chi connectivity index (χ2n) is 4.80. The predicted molar refractivity (Wildman–Crippen MR) is 79.2 cm³/mol. The first-order chi connectivity index (χ1) is 10.2. The van der Waals surface area contributed by atoms with E-state index >= 15 is 0 Å². The van der Waals surface area contributed by atoms with E-state index in [1.807, 2.05) is 41.1 Å². The fraction of sp³-hybridized carbons (Fsp3) is 0.0588. The first-order valence-electron chi connectivity index (χ1n) is 6.49. The average Bonchev–Trinajstić information content (AvgIpc) is 2.90. The van der Waals surface area contributed by atoms with Gasteiger partial charge in [0.1, 0.15) is 0 Å². The Balaban J connectivity index is 2.09. The number of aromatic carboxylic acids is 1. The fourth-order valence-electron chi connectivity index (χ4n) is 2.50. The molecule has 1 aromatic heterocycles. The number of carboxylic acid groups (broad SMARTS) is 1. The number of para-hydroxylation sites is 1. The van der Waals surface area contributed by atoms with Gasteiger partial charge in [0.25, 0.3) is 0 Å². The Hall–Kier alpha value is -3.06. The largest absolute Gasteiger partial charge is 0.478 e. The summed E-state index contributed by atoms with van der Waals surface area (Å²) in [6, 6.07) is 16.6. The fourth-order valence-corrected chi connectivity index (χ4v) is 2.50. The quantitative estimate of drug-likeness (QED) is 0.798. The number of nitrogens with zero attached hydrogens (tertiary/aromatic N) is 2. The summed E-state index contributed by atoms with van der Waals surface area (Å²) in [4.78, 5) is 11.4. The molecule has 0 radical (unpaired) electrons. The molecule has 0 aliphatic heterocycles. The van der Waals surface area contributed by atoms with Crippen molar-refractivity contribution < 1.29 is 9.90 Å². The zero-order valence-electron chi connectivity index (χ0n) is 11.2. The van der Waals surface area contributed by atoms with Gasteiger partial charge in [-0.3, -0.25) is 0 Å². The summed E-state index contributed by atoms with van der Waals surface area (Å²) in [7, 11) is 0. The van der Waals surface area contributed by atoms with E-state index in [1.165, 1.54) is 0 Å². The molecule has 4 nitrogen and oxygen atoms in total. The summed E-state index contributed by atoms with van der Waals surface area (Å²) in [6.07, 6.45) is 1.87. The highest BCUT2D eigenvalue weighted by Crippen LogP contribution is 2.21. The van der Waals surface area contributed by atoms with Crippen LogP contribution in [0.3, 0.4) is 0 Å². The third kappa shape index (κ3) is 2.37. The monoisotopic (exact) mass is 276 g/mol. The van der Waals surface area contributed by atoms with Gasteiger partial charge in [0.05, 0.1) is 22.7 Å². The number of benzene rings is 2. The van der Waals surface area contributed by atoms with Crippen LogP contribution in [0.5, 0.6) is 0 Å². The summed E-state index contributed by atoms with van der Waals surface area (Å²) < 4.78 is 1.90. The molecule has 0 unspecified atom stereocenters. The SMILES string of the molecule is N#Cc1cccc(Cn2ccc3cccc(C(=O)O)c32)c1. The maximum atomic E-state index is 11.4. The van der Waals surface area contributed by atoms with Crippen LogP contribution in [0.1, 0.15) is 21.5 Å². The van der Waals surface area contributed by atoms with E-state index in [0.717, 1.165) is 10.9 Å². The Bertz CT molecular complexity index is 872. The van der Waals surface area contributed by atoms with Crippen LogP contribution in [0.25, 0.3) is 10.9 Å². The van der Waals surface area contributed by atoms with Crippen molar-refractivity contribution in [1.82, 2.24) is 4.57 Å². The van der Waals surface area contributed by atoms with Crippen molar-refractivity contribution >= 4 is 16.9 Å². The molecule has 0 spiro atoms. The molecule has 0 fully saturated rings. The van der Waals surface area contributed by atoms with Gasteiger partial charge in [-0.2, -0.15) is 5.26 Å². The van der Waals surface area contributed by atoms with Gasteiger partial charge in [-0.25, -0.2) is 4.79 Å². The van der Waals surface area contributed by atoms with Gasteiger partial charge in [0.15, 0.2) is 0 Å². The third-order valence-corrected chi connectivity index (χ3v) is 3.43. The predicted octanol–water partition coefficient (Wildman–Crippen LogP) is 3.26. The first-order valence-corrected chi connectivity index (χ1v) is 6.49. The lowest BCUT2D eigenvalue weighted by Gasteiger charge is -2.08. The number of hydrogen-bond acceptors (Lipinski definition) is 2. The second-order valence-corrected chi connectivity index (χ2v) is 4.80. The number of fused-ring (bicyclic) bond motifs is 1. The first kappa shape index (κ1) is 12.9. The Kier molecular flexibility index (Phi) is 3.17. The van der Waals surface area contributed by atoms with Crippen molar-refractivity contribution in [3.05, 3.63) is 71.4 Å². The topological polar surface area (TPSA) is 66.0 Å². The van der Waals surface area contributed by atoms with Crippen LogP contribution >= 0.6 is 0 Å². The molecule has 0 amide bonds. The molecular weight excluding hydrogens is 264 g/mol. The molecule has 0 aliphatic carbocycles. The molecule has 0 atom stereocenters. The second kappa shape index (κ2) is 5.14. The van der Waals surface area contributed by atoms with Gasteiger partial charge >= 0.3 is 5.97 Å². The maximum absolute atomic E-state index is 11.4.